The second-order valence-electron chi connectivity index (χ2n) is 6.86. The van der Waals surface area contributed by atoms with E-state index < -0.39 is 13.6 Å². The van der Waals surface area contributed by atoms with Gasteiger partial charge >= 0.3 is 92.1 Å². The first-order valence-electron chi connectivity index (χ1n) is 7.66. The van der Waals surface area contributed by atoms with Gasteiger partial charge in [-0.15, -0.1) is 0 Å². The van der Waals surface area contributed by atoms with Gasteiger partial charge in [0.2, 0.25) is 0 Å². The predicted octanol–water partition coefficient (Wildman–Crippen LogP) is 6.18. The molecule has 0 saturated carbocycles. The molecule has 0 aliphatic heterocycles. The molecule has 2 aromatic rings. The van der Waals surface area contributed by atoms with Crippen molar-refractivity contribution >= 4 is 18.8 Å². The molecular weight excluding hydrogens is 527 g/mol. The second-order valence-corrected chi connectivity index (χ2v) is 19.5. The first-order chi connectivity index (χ1) is 11.4. The van der Waals surface area contributed by atoms with E-state index in [2.05, 4.69) is 29.4 Å². The molecule has 140 valence electrons. The molecule has 0 N–H and O–H groups in total. The van der Waals surface area contributed by atoms with Crippen molar-refractivity contribution < 1.29 is 13.6 Å². The molecule has 0 aliphatic rings. The number of halogens is 2. The Bertz CT molecular complexity index is 566. The summed E-state index contributed by atoms with van der Waals surface area (Å²) in [6.45, 7) is 11.9. The van der Waals surface area contributed by atoms with Crippen LogP contribution in [0.15, 0.2) is 55.8 Å². The van der Waals surface area contributed by atoms with Gasteiger partial charge in [0.1, 0.15) is 0 Å². The Balaban J connectivity index is 0.000000392. The van der Waals surface area contributed by atoms with Crippen molar-refractivity contribution in [2.24, 2.45) is 6.99 Å². The van der Waals surface area contributed by atoms with E-state index in [-0.39, 0.29) is 11.1 Å². The normalized spacial score (nSPS) is 11.2. The molecule has 0 atom stereocenters. The van der Waals surface area contributed by atoms with Crippen LogP contribution in [0.5, 0.6) is 0 Å². The zero-order valence-electron chi connectivity index (χ0n) is 15.6. The van der Waals surface area contributed by atoms with Gasteiger partial charge < -0.3 is 9.97 Å². The largest absolute Gasteiger partial charge is 0.394 e. The first-order valence-corrected chi connectivity index (χ1v) is 17.6. The van der Waals surface area contributed by atoms with Crippen molar-refractivity contribution in [2.75, 3.05) is 0 Å². The maximum atomic E-state index is 6.15. The van der Waals surface area contributed by atoms with Crippen LogP contribution in [0, 0.1) is 12.4 Å². The van der Waals surface area contributed by atoms with Crippen LogP contribution in [0.1, 0.15) is 41.5 Å². The van der Waals surface area contributed by atoms with E-state index in [1.165, 1.54) is 0 Å². The number of rotatable bonds is 0. The summed E-state index contributed by atoms with van der Waals surface area (Å²) in [6.07, 6.45) is 8.67. The van der Waals surface area contributed by atoms with E-state index in [1.807, 2.05) is 65.8 Å². The smallest absolute Gasteiger partial charge is 0.0813 e. The molecule has 0 amide bonds. The number of hydrogen-bond acceptors (Lipinski definition) is 4. The van der Waals surface area contributed by atoms with Crippen LogP contribution in [0.4, 0.5) is 0 Å². The third-order valence-electron chi connectivity index (χ3n) is 1.80. The molecule has 0 fully saturated rings. The molecule has 25 heavy (non-hydrogen) atoms. The summed E-state index contributed by atoms with van der Waals surface area (Å²) in [5.74, 6) is 0. The molecule has 2 heterocycles. The maximum absolute atomic E-state index is 6.15. The van der Waals surface area contributed by atoms with Gasteiger partial charge in [0.15, 0.2) is 0 Å². The van der Waals surface area contributed by atoms with Gasteiger partial charge in [0, 0.05) is 0 Å². The van der Waals surface area contributed by atoms with Crippen LogP contribution in [0.25, 0.3) is 0 Å². The molecule has 2 rings (SSSR count). The summed E-state index contributed by atoms with van der Waals surface area (Å²) >= 11 is -3.50. The van der Waals surface area contributed by atoms with Crippen molar-refractivity contribution in [3.8, 4) is 0 Å². The van der Waals surface area contributed by atoms with Crippen molar-refractivity contribution in [3.63, 3.8) is 0 Å². The van der Waals surface area contributed by atoms with Crippen LogP contribution < -0.4 is 0 Å². The van der Waals surface area contributed by atoms with Gasteiger partial charge in [-0.2, -0.15) is 36.4 Å². The van der Waals surface area contributed by atoms with E-state index in [0.717, 1.165) is 0 Å². The average Bonchev–Trinajstić information content (AvgIpc) is 2.47. The molecular formula is C18H26Cl2N4W-2. The number of hydrogen-bond donors (Lipinski definition) is 0. The molecule has 0 spiro atoms. The maximum Gasteiger partial charge on any atom is -0.0813 e. The van der Waals surface area contributed by atoms with Crippen molar-refractivity contribution in [2.45, 2.75) is 52.6 Å². The number of nitrogens with zero attached hydrogens (tertiary/aromatic N) is 4. The molecule has 2 aromatic heterocycles. The average molecular weight is 553 g/mol. The quantitative estimate of drug-likeness (QED) is 0.367. The standard InChI is InChI=1S/2C5H4N.2C4H9N.2ClH.W/c2*1-2-4-6-5-3-1;2*1-4(2,3)5;;;/h2*1-4H;2*1-3H3;2*1H;/q2*-1;;;;;+2/p-2. The predicted molar refractivity (Wildman–Crippen MR) is 102 cm³/mol. The third-order valence-corrected chi connectivity index (χ3v) is 9.57. The summed E-state index contributed by atoms with van der Waals surface area (Å²) in [4.78, 5) is 7.32. The Hall–Kier alpha value is -0.832. The zero-order chi connectivity index (χ0) is 19.4. The van der Waals surface area contributed by atoms with E-state index >= 15 is 0 Å². The van der Waals surface area contributed by atoms with Gasteiger partial charge in [0.25, 0.3) is 0 Å². The summed E-state index contributed by atoms with van der Waals surface area (Å²) < 4.78 is 8.80. The minimum Gasteiger partial charge on any atom is -0.394 e. The van der Waals surface area contributed by atoms with E-state index in [9.17, 15) is 0 Å². The molecule has 0 aliphatic carbocycles. The molecule has 0 bridgehead atoms. The minimum absolute atomic E-state index is 0.187. The van der Waals surface area contributed by atoms with Crippen LogP contribution >= 0.6 is 18.8 Å². The van der Waals surface area contributed by atoms with Crippen LogP contribution in [-0.2, 0) is 13.6 Å². The fourth-order valence-electron chi connectivity index (χ4n) is 1.23. The monoisotopic (exact) mass is 552 g/mol. The molecule has 4 nitrogen and oxygen atoms in total. The Morgan fingerprint density at radius 1 is 0.720 bits per heavy atom. The zero-order valence-corrected chi connectivity index (χ0v) is 20.0. The Morgan fingerprint density at radius 2 is 1.08 bits per heavy atom. The van der Waals surface area contributed by atoms with E-state index in [0.29, 0.717) is 0 Å². The summed E-state index contributed by atoms with van der Waals surface area (Å²) in [6, 6.07) is 11.0. The van der Waals surface area contributed by atoms with Gasteiger partial charge in [0.05, 0.1) is 0 Å². The third kappa shape index (κ3) is 19.3. The molecule has 7 heteroatoms. The molecule has 0 saturated heterocycles. The second kappa shape index (κ2) is 11.7. The SMILES string of the molecule is CC(C)(C)[N]=[W]([Cl])([Cl])=[N]C(C)(C)C.[c-]1ccccn1.[c-]1ccccn1. The van der Waals surface area contributed by atoms with E-state index in [4.69, 9.17) is 18.8 Å². The fraction of sp³-hybridized carbons (Fsp3) is 0.444. The summed E-state index contributed by atoms with van der Waals surface area (Å²) in [7, 11) is 12.3. The van der Waals surface area contributed by atoms with Crippen molar-refractivity contribution in [1.29, 1.82) is 0 Å². The first kappa shape index (κ1) is 24.2. The van der Waals surface area contributed by atoms with Crippen LogP contribution in [-0.4, -0.2) is 21.0 Å². The summed E-state index contributed by atoms with van der Waals surface area (Å²) in [5, 5.41) is 0. The topological polar surface area (TPSA) is 50.5 Å². The number of pyridine rings is 2. The van der Waals surface area contributed by atoms with Crippen molar-refractivity contribution in [1.82, 2.24) is 9.97 Å². The van der Waals surface area contributed by atoms with Crippen LogP contribution in [0.2, 0.25) is 0 Å². The molecule has 0 unspecified atom stereocenters. The molecule has 0 aromatic carbocycles. The fourth-order valence-corrected chi connectivity index (χ4v) is 12.9. The van der Waals surface area contributed by atoms with Crippen molar-refractivity contribution in [3.05, 3.63) is 61.2 Å². The van der Waals surface area contributed by atoms with Gasteiger partial charge in [-0.25, -0.2) is 0 Å². The Morgan fingerprint density at radius 3 is 1.20 bits per heavy atom. The van der Waals surface area contributed by atoms with Gasteiger partial charge in [-0.05, 0) is 0 Å². The molecule has 0 radical (unpaired) electrons. The van der Waals surface area contributed by atoms with Crippen LogP contribution in [0.3, 0.4) is 0 Å². The number of aromatic nitrogens is 2. The minimum atomic E-state index is -3.50. The Labute approximate surface area is 162 Å². The van der Waals surface area contributed by atoms with E-state index in [1.54, 1.807) is 24.5 Å². The summed E-state index contributed by atoms with van der Waals surface area (Å²) in [5.41, 5.74) is -0.374. The van der Waals surface area contributed by atoms with Gasteiger partial charge in [-0.1, -0.05) is 24.8 Å². The Kier molecular flexibility index (Phi) is 11.3. The van der Waals surface area contributed by atoms with Gasteiger partial charge in [-0.3, -0.25) is 0 Å².